The van der Waals surface area contributed by atoms with Gasteiger partial charge in [0.2, 0.25) is 5.91 Å². The van der Waals surface area contributed by atoms with Crippen LogP contribution in [0.4, 0.5) is 0 Å². The number of ether oxygens (including phenoxy) is 1. The maximum absolute atomic E-state index is 12.1. The van der Waals surface area contributed by atoms with Crippen LogP contribution in [0.25, 0.3) is 0 Å². The van der Waals surface area contributed by atoms with Crippen molar-refractivity contribution in [2.45, 2.75) is 45.6 Å². The van der Waals surface area contributed by atoms with E-state index in [0.717, 1.165) is 39.0 Å². The molecule has 15 heavy (non-hydrogen) atoms. The third-order valence-corrected chi connectivity index (χ3v) is 3.43. The fourth-order valence-corrected chi connectivity index (χ4v) is 2.57. The Labute approximate surface area is 91.8 Å². The predicted molar refractivity (Wildman–Crippen MR) is 58.6 cm³/mol. The molecule has 2 saturated heterocycles. The van der Waals surface area contributed by atoms with Crippen molar-refractivity contribution in [3.05, 3.63) is 0 Å². The van der Waals surface area contributed by atoms with Gasteiger partial charge in [-0.05, 0) is 19.3 Å². The van der Waals surface area contributed by atoms with Crippen LogP contribution in [0.5, 0.6) is 0 Å². The quantitative estimate of drug-likeness (QED) is 0.611. The van der Waals surface area contributed by atoms with Gasteiger partial charge in [-0.15, -0.1) is 0 Å². The molecule has 2 aliphatic rings. The average molecular weight is 211 g/mol. The summed E-state index contributed by atoms with van der Waals surface area (Å²) in [5.41, 5.74) is -0.245. The van der Waals surface area contributed by atoms with Crippen LogP contribution in [0.2, 0.25) is 0 Å². The van der Waals surface area contributed by atoms with Crippen molar-refractivity contribution >= 4 is 5.91 Å². The summed E-state index contributed by atoms with van der Waals surface area (Å²) in [4.78, 5) is 14.1. The van der Waals surface area contributed by atoms with Crippen LogP contribution < -0.4 is 0 Å². The molecular weight excluding hydrogens is 190 g/mol. The molecular formula is C12H21NO2. The molecule has 0 radical (unpaired) electrons. The third kappa shape index (κ3) is 2.03. The van der Waals surface area contributed by atoms with E-state index in [1.54, 1.807) is 0 Å². The molecule has 1 spiro atoms. The smallest absolute Gasteiger partial charge is 0.228 e. The lowest BCUT2D eigenvalue weighted by atomic mass is 9.94. The van der Waals surface area contributed by atoms with E-state index in [1.807, 2.05) is 25.7 Å². The molecule has 0 aliphatic carbocycles. The largest absolute Gasteiger partial charge is 0.373 e. The number of rotatable bonds is 0. The summed E-state index contributed by atoms with van der Waals surface area (Å²) < 4.78 is 5.80. The number of hydrogen-bond acceptors (Lipinski definition) is 2. The zero-order valence-electron chi connectivity index (χ0n) is 10.0. The zero-order valence-corrected chi connectivity index (χ0v) is 10.0. The van der Waals surface area contributed by atoms with Crippen molar-refractivity contribution in [2.24, 2.45) is 5.41 Å². The predicted octanol–water partition coefficient (Wildman–Crippen LogP) is 1.81. The second-order valence-corrected chi connectivity index (χ2v) is 5.86. The van der Waals surface area contributed by atoms with E-state index in [0.29, 0.717) is 0 Å². The minimum atomic E-state index is -0.260. The Kier molecular flexibility index (Phi) is 2.53. The van der Waals surface area contributed by atoms with E-state index in [9.17, 15) is 4.79 Å². The van der Waals surface area contributed by atoms with Crippen LogP contribution >= 0.6 is 0 Å². The highest BCUT2D eigenvalue weighted by Gasteiger charge is 2.44. The summed E-state index contributed by atoms with van der Waals surface area (Å²) in [6.07, 6.45) is 3.30. The number of likely N-dealkylation sites (tertiary alicyclic amines) is 1. The van der Waals surface area contributed by atoms with Gasteiger partial charge in [0.1, 0.15) is 0 Å². The van der Waals surface area contributed by atoms with Crippen LogP contribution in [-0.4, -0.2) is 36.1 Å². The Bertz CT molecular complexity index is 261. The van der Waals surface area contributed by atoms with Gasteiger partial charge >= 0.3 is 0 Å². The summed E-state index contributed by atoms with van der Waals surface area (Å²) in [6.45, 7) is 8.50. The number of nitrogens with zero attached hydrogens (tertiary/aromatic N) is 1. The lowest BCUT2D eigenvalue weighted by molar-refractivity contribution is -0.139. The number of carbonyl (C=O) groups excluding carboxylic acids is 1. The van der Waals surface area contributed by atoms with Crippen molar-refractivity contribution in [2.75, 3.05) is 19.7 Å². The molecule has 0 aromatic rings. The number of carbonyl (C=O) groups is 1. The standard InChI is InChI=1S/C12H21NO2/c1-11(2,3)10(14)13-7-6-12(9-13)5-4-8-15-12/h4-9H2,1-3H3. The molecule has 3 nitrogen and oxygen atoms in total. The second kappa shape index (κ2) is 3.48. The maximum Gasteiger partial charge on any atom is 0.228 e. The molecule has 2 rings (SSSR count). The van der Waals surface area contributed by atoms with Crippen molar-refractivity contribution in [1.82, 2.24) is 4.90 Å². The summed E-state index contributed by atoms with van der Waals surface area (Å²) in [7, 11) is 0. The first-order chi connectivity index (χ1) is 6.93. The van der Waals surface area contributed by atoms with Gasteiger partial charge in [-0.1, -0.05) is 20.8 Å². The van der Waals surface area contributed by atoms with Crippen LogP contribution in [0.15, 0.2) is 0 Å². The molecule has 0 aromatic carbocycles. The number of amides is 1. The molecule has 1 atom stereocenters. The van der Waals surface area contributed by atoms with Gasteiger partial charge < -0.3 is 9.64 Å². The molecule has 86 valence electrons. The molecule has 2 heterocycles. The molecule has 0 saturated carbocycles. The first-order valence-electron chi connectivity index (χ1n) is 5.86. The topological polar surface area (TPSA) is 29.5 Å². The van der Waals surface area contributed by atoms with E-state index >= 15 is 0 Å². The van der Waals surface area contributed by atoms with Crippen LogP contribution in [0, 0.1) is 5.41 Å². The molecule has 0 bridgehead atoms. The van der Waals surface area contributed by atoms with E-state index < -0.39 is 0 Å². The molecule has 1 unspecified atom stereocenters. The van der Waals surface area contributed by atoms with Gasteiger partial charge in [0.15, 0.2) is 0 Å². The molecule has 0 aromatic heterocycles. The van der Waals surface area contributed by atoms with Crippen molar-refractivity contribution in [1.29, 1.82) is 0 Å². The molecule has 1 amide bonds. The Morgan fingerprint density at radius 1 is 1.33 bits per heavy atom. The van der Waals surface area contributed by atoms with Gasteiger partial charge in [-0.25, -0.2) is 0 Å². The number of hydrogen-bond donors (Lipinski definition) is 0. The minimum absolute atomic E-state index is 0.0148. The van der Waals surface area contributed by atoms with E-state index in [1.165, 1.54) is 0 Å². The van der Waals surface area contributed by atoms with E-state index in [2.05, 4.69) is 0 Å². The van der Waals surface area contributed by atoms with E-state index in [4.69, 9.17) is 4.74 Å². The first kappa shape index (κ1) is 10.9. The second-order valence-electron chi connectivity index (χ2n) is 5.86. The van der Waals surface area contributed by atoms with Gasteiger partial charge in [0, 0.05) is 25.1 Å². The van der Waals surface area contributed by atoms with Crippen molar-refractivity contribution in [3.8, 4) is 0 Å². The normalized spacial score (nSPS) is 31.5. The Balaban J connectivity index is 2.01. The minimum Gasteiger partial charge on any atom is -0.373 e. The summed E-state index contributed by atoms with van der Waals surface area (Å²) in [6, 6.07) is 0. The Morgan fingerprint density at radius 2 is 2.07 bits per heavy atom. The highest BCUT2D eigenvalue weighted by molar-refractivity contribution is 5.81. The first-order valence-corrected chi connectivity index (χ1v) is 5.86. The fourth-order valence-electron chi connectivity index (χ4n) is 2.57. The van der Waals surface area contributed by atoms with Gasteiger partial charge in [0.05, 0.1) is 5.60 Å². The highest BCUT2D eigenvalue weighted by atomic mass is 16.5. The van der Waals surface area contributed by atoms with Crippen LogP contribution in [-0.2, 0) is 9.53 Å². The molecule has 3 heteroatoms. The molecule has 2 fully saturated rings. The summed E-state index contributed by atoms with van der Waals surface area (Å²) in [5, 5.41) is 0. The highest BCUT2D eigenvalue weighted by Crippen LogP contribution is 2.36. The maximum atomic E-state index is 12.1. The zero-order chi connectivity index (χ0) is 11.1. The van der Waals surface area contributed by atoms with Gasteiger partial charge in [-0.2, -0.15) is 0 Å². The monoisotopic (exact) mass is 211 g/mol. The summed E-state index contributed by atoms with van der Waals surface area (Å²) in [5.74, 6) is 0.259. The lowest BCUT2D eigenvalue weighted by Crippen LogP contribution is -2.41. The van der Waals surface area contributed by atoms with E-state index in [-0.39, 0.29) is 16.9 Å². The Hall–Kier alpha value is -0.570. The van der Waals surface area contributed by atoms with Crippen molar-refractivity contribution in [3.63, 3.8) is 0 Å². The van der Waals surface area contributed by atoms with Crippen LogP contribution in [0.3, 0.4) is 0 Å². The average Bonchev–Trinajstić information content (AvgIpc) is 2.75. The van der Waals surface area contributed by atoms with Gasteiger partial charge in [0.25, 0.3) is 0 Å². The SMILES string of the molecule is CC(C)(C)C(=O)N1CCC2(CCCO2)C1. The van der Waals surface area contributed by atoms with Crippen molar-refractivity contribution < 1.29 is 9.53 Å². The molecule has 2 aliphatic heterocycles. The summed E-state index contributed by atoms with van der Waals surface area (Å²) >= 11 is 0. The third-order valence-electron chi connectivity index (χ3n) is 3.43. The van der Waals surface area contributed by atoms with Crippen LogP contribution in [0.1, 0.15) is 40.0 Å². The fraction of sp³-hybridized carbons (Fsp3) is 0.917. The van der Waals surface area contributed by atoms with Gasteiger partial charge in [-0.3, -0.25) is 4.79 Å². The molecule has 0 N–H and O–H groups in total. The lowest BCUT2D eigenvalue weighted by Gasteiger charge is -2.27. The Morgan fingerprint density at radius 3 is 2.60 bits per heavy atom.